The van der Waals surface area contributed by atoms with E-state index in [1.807, 2.05) is 0 Å². The first-order chi connectivity index (χ1) is 8.59. The van der Waals surface area contributed by atoms with E-state index < -0.39 is 10.1 Å². The Morgan fingerprint density at radius 2 is 1.83 bits per heavy atom. The number of nitrogens with zero attached hydrogens (tertiary/aromatic N) is 1. The van der Waals surface area contributed by atoms with Gasteiger partial charge < -0.3 is 13.4 Å². The summed E-state index contributed by atoms with van der Waals surface area (Å²) in [4.78, 5) is 0. The summed E-state index contributed by atoms with van der Waals surface area (Å²) in [6.45, 7) is 0. The van der Waals surface area contributed by atoms with Gasteiger partial charge in [-0.15, -0.1) is 0 Å². The van der Waals surface area contributed by atoms with Crippen molar-refractivity contribution in [3.63, 3.8) is 0 Å². The highest BCUT2D eigenvalue weighted by atomic mass is 32.2. The van der Waals surface area contributed by atoms with E-state index in [1.165, 1.54) is 31.6 Å². The Bertz CT molecular complexity index is 589. The van der Waals surface area contributed by atoms with Crippen LogP contribution in [-0.2, 0) is 15.9 Å². The molecule has 2 rings (SSSR count). The molecule has 0 spiro atoms. The Hall–Kier alpha value is -2.02. The molecule has 0 fully saturated rings. The number of benzene rings is 1. The molecule has 0 amide bonds. The van der Waals surface area contributed by atoms with Gasteiger partial charge in [-0.3, -0.25) is 0 Å². The smallest absolute Gasteiger partial charge is 0.315 e. The van der Waals surface area contributed by atoms with Gasteiger partial charge in [0.1, 0.15) is 29.2 Å². The van der Waals surface area contributed by atoms with E-state index in [2.05, 4.69) is 9.68 Å². The van der Waals surface area contributed by atoms with E-state index in [4.69, 9.17) is 8.92 Å². The highest BCUT2D eigenvalue weighted by molar-refractivity contribution is 7.86. The standard InChI is InChI=1S/C11H11NO5S/c1-15-10-2-4-11(5-3-10)17-18(13,14)8-9-6-7-16-12-9/h2-7H,8H2,1H3. The van der Waals surface area contributed by atoms with E-state index in [0.717, 1.165) is 0 Å². The van der Waals surface area contributed by atoms with Crippen LogP contribution in [0.1, 0.15) is 5.69 Å². The first kappa shape index (κ1) is 12.4. The molecule has 1 aromatic heterocycles. The molecule has 0 aliphatic rings. The number of aromatic nitrogens is 1. The maximum Gasteiger partial charge on any atom is 0.315 e. The molecule has 0 atom stereocenters. The lowest BCUT2D eigenvalue weighted by atomic mass is 10.3. The maximum absolute atomic E-state index is 11.7. The molecule has 0 radical (unpaired) electrons. The van der Waals surface area contributed by atoms with Crippen LogP contribution in [0.25, 0.3) is 0 Å². The Kier molecular flexibility index (Phi) is 3.52. The molecule has 0 bridgehead atoms. The van der Waals surface area contributed by atoms with Crippen LogP contribution in [0, 0.1) is 0 Å². The molecule has 1 aromatic carbocycles. The van der Waals surface area contributed by atoms with Crippen molar-refractivity contribution >= 4 is 10.1 Å². The molecule has 0 aliphatic carbocycles. The summed E-state index contributed by atoms with van der Waals surface area (Å²) in [6, 6.07) is 7.72. The van der Waals surface area contributed by atoms with E-state index >= 15 is 0 Å². The van der Waals surface area contributed by atoms with Crippen LogP contribution in [0.3, 0.4) is 0 Å². The number of ether oxygens (including phenoxy) is 1. The minimum absolute atomic E-state index is 0.222. The molecule has 2 aromatic rings. The van der Waals surface area contributed by atoms with Crippen molar-refractivity contribution in [2.24, 2.45) is 0 Å². The van der Waals surface area contributed by atoms with Crippen molar-refractivity contribution in [2.75, 3.05) is 7.11 Å². The predicted molar refractivity (Wildman–Crippen MR) is 62.7 cm³/mol. The second-order valence-corrected chi connectivity index (χ2v) is 5.02. The Morgan fingerprint density at radius 1 is 1.17 bits per heavy atom. The van der Waals surface area contributed by atoms with Crippen molar-refractivity contribution in [3.05, 3.63) is 42.3 Å². The summed E-state index contributed by atoms with van der Waals surface area (Å²) in [5.74, 6) is 0.505. The van der Waals surface area contributed by atoms with Crippen LogP contribution in [0.15, 0.2) is 41.1 Å². The third-order valence-electron chi connectivity index (χ3n) is 2.10. The maximum atomic E-state index is 11.7. The summed E-state index contributed by atoms with van der Waals surface area (Å²) >= 11 is 0. The normalized spacial score (nSPS) is 11.2. The van der Waals surface area contributed by atoms with Crippen molar-refractivity contribution in [1.29, 1.82) is 0 Å². The molecule has 0 unspecified atom stereocenters. The average Bonchev–Trinajstić information content (AvgIpc) is 2.81. The molecular formula is C11H11NO5S. The molecule has 0 aliphatic heterocycles. The average molecular weight is 269 g/mol. The molecule has 7 heteroatoms. The zero-order chi connectivity index (χ0) is 13.0. The van der Waals surface area contributed by atoms with Gasteiger partial charge in [0.15, 0.2) is 0 Å². The van der Waals surface area contributed by atoms with Crippen molar-refractivity contribution in [3.8, 4) is 11.5 Å². The minimum Gasteiger partial charge on any atom is -0.497 e. The Balaban J connectivity index is 2.07. The topological polar surface area (TPSA) is 78.6 Å². The molecule has 0 saturated heterocycles. The summed E-state index contributed by atoms with van der Waals surface area (Å²) < 4.78 is 37.8. The van der Waals surface area contributed by atoms with Gasteiger partial charge in [-0.1, -0.05) is 5.16 Å². The largest absolute Gasteiger partial charge is 0.497 e. The summed E-state index contributed by atoms with van der Waals surface area (Å²) in [6.07, 6.45) is 1.30. The third kappa shape index (κ3) is 3.24. The summed E-state index contributed by atoms with van der Waals surface area (Å²) in [7, 11) is -2.22. The fourth-order valence-corrected chi connectivity index (χ4v) is 2.27. The van der Waals surface area contributed by atoms with E-state index in [0.29, 0.717) is 11.4 Å². The van der Waals surface area contributed by atoms with Gasteiger partial charge in [0.05, 0.1) is 7.11 Å². The van der Waals surface area contributed by atoms with Gasteiger partial charge >= 0.3 is 10.1 Å². The number of hydrogen-bond acceptors (Lipinski definition) is 6. The van der Waals surface area contributed by atoms with Crippen LogP contribution in [0.5, 0.6) is 11.5 Å². The Labute approximate surface area is 104 Å². The van der Waals surface area contributed by atoms with Crippen LogP contribution in [0.2, 0.25) is 0 Å². The number of methoxy groups -OCH3 is 1. The highest BCUT2D eigenvalue weighted by Gasteiger charge is 2.16. The van der Waals surface area contributed by atoms with Crippen LogP contribution < -0.4 is 8.92 Å². The second-order valence-electron chi connectivity index (χ2n) is 3.45. The lowest BCUT2D eigenvalue weighted by Crippen LogP contribution is -2.12. The lowest BCUT2D eigenvalue weighted by Gasteiger charge is -2.06. The molecule has 96 valence electrons. The number of rotatable bonds is 5. The van der Waals surface area contributed by atoms with Gasteiger partial charge in [-0.25, -0.2) is 0 Å². The van der Waals surface area contributed by atoms with Gasteiger partial charge in [-0.05, 0) is 24.3 Å². The predicted octanol–water partition coefficient (Wildman–Crippen LogP) is 1.59. The van der Waals surface area contributed by atoms with Crippen LogP contribution >= 0.6 is 0 Å². The number of hydrogen-bond donors (Lipinski definition) is 0. The third-order valence-corrected chi connectivity index (χ3v) is 3.19. The van der Waals surface area contributed by atoms with E-state index in [-0.39, 0.29) is 11.5 Å². The van der Waals surface area contributed by atoms with E-state index in [9.17, 15) is 8.42 Å². The zero-order valence-corrected chi connectivity index (χ0v) is 10.4. The molecule has 18 heavy (non-hydrogen) atoms. The molecular weight excluding hydrogens is 258 g/mol. The zero-order valence-electron chi connectivity index (χ0n) is 9.57. The fraction of sp³-hybridized carbons (Fsp3) is 0.182. The molecule has 0 N–H and O–H groups in total. The van der Waals surface area contributed by atoms with Crippen molar-refractivity contribution in [1.82, 2.24) is 5.16 Å². The summed E-state index contributed by atoms with van der Waals surface area (Å²) in [5.41, 5.74) is 0.295. The quantitative estimate of drug-likeness (QED) is 0.767. The van der Waals surface area contributed by atoms with Crippen molar-refractivity contribution in [2.45, 2.75) is 5.75 Å². The Morgan fingerprint density at radius 3 is 2.39 bits per heavy atom. The molecule has 1 heterocycles. The molecule has 6 nitrogen and oxygen atoms in total. The van der Waals surface area contributed by atoms with Gasteiger partial charge in [0, 0.05) is 6.07 Å². The van der Waals surface area contributed by atoms with Crippen LogP contribution in [-0.4, -0.2) is 20.7 Å². The first-order valence-corrected chi connectivity index (χ1v) is 6.62. The van der Waals surface area contributed by atoms with Gasteiger partial charge in [0.2, 0.25) is 0 Å². The van der Waals surface area contributed by atoms with Gasteiger partial charge in [-0.2, -0.15) is 8.42 Å². The SMILES string of the molecule is COc1ccc(OS(=O)(=O)Cc2ccon2)cc1. The minimum atomic E-state index is -3.74. The first-order valence-electron chi connectivity index (χ1n) is 5.04. The van der Waals surface area contributed by atoms with Crippen molar-refractivity contribution < 1.29 is 21.9 Å². The monoisotopic (exact) mass is 269 g/mol. The highest BCUT2D eigenvalue weighted by Crippen LogP contribution is 2.19. The second kappa shape index (κ2) is 5.09. The van der Waals surface area contributed by atoms with Crippen LogP contribution in [0.4, 0.5) is 0 Å². The lowest BCUT2D eigenvalue weighted by molar-refractivity contribution is 0.411. The summed E-state index contributed by atoms with van der Waals surface area (Å²) in [5, 5.41) is 3.52. The fourth-order valence-electron chi connectivity index (χ4n) is 1.30. The molecule has 0 saturated carbocycles. The van der Waals surface area contributed by atoms with E-state index in [1.54, 1.807) is 12.1 Å². The van der Waals surface area contributed by atoms with Gasteiger partial charge in [0.25, 0.3) is 0 Å².